The predicted octanol–water partition coefficient (Wildman–Crippen LogP) is 4.12. The van der Waals surface area contributed by atoms with Crippen LogP contribution in [-0.4, -0.2) is 11.7 Å². The highest BCUT2D eigenvalue weighted by Gasteiger charge is 2.03. The molecule has 3 heteroatoms. The molecule has 0 aliphatic rings. The van der Waals surface area contributed by atoms with Crippen LogP contribution in [0.2, 0.25) is 0 Å². The van der Waals surface area contributed by atoms with E-state index in [0.717, 1.165) is 24.9 Å². The maximum Gasteiger partial charge on any atom is 0.224 e. The van der Waals surface area contributed by atoms with E-state index in [1.165, 1.54) is 18.4 Å². The standard InChI is InChI=1S/C17H25NO2/c1-3-4-8-15-10-12-16(13-11-15)18-17(20)9-6-5-7-14(2)19/h10-13H,3-9H2,1-2H3,(H,18,20). The highest BCUT2D eigenvalue weighted by atomic mass is 16.1. The minimum absolute atomic E-state index is 0.0230. The summed E-state index contributed by atoms with van der Waals surface area (Å²) < 4.78 is 0. The highest BCUT2D eigenvalue weighted by molar-refractivity contribution is 5.90. The molecule has 0 saturated heterocycles. The van der Waals surface area contributed by atoms with E-state index in [9.17, 15) is 9.59 Å². The van der Waals surface area contributed by atoms with Gasteiger partial charge in [0.25, 0.3) is 0 Å². The van der Waals surface area contributed by atoms with Crippen molar-refractivity contribution < 1.29 is 9.59 Å². The Bertz CT molecular complexity index is 423. The van der Waals surface area contributed by atoms with Crippen LogP contribution in [0.4, 0.5) is 5.69 Å². The van der Waals surface area contributed by atoms with Crippen LogP contribution < -0.4 is 5.32 Å². The van der Waals surface area contributed by atoms with Gasteiger partial charge in [-0.05, 0) is 50.3 Å². The molecule has 0 aliphatic carbocycles. The Morgan fingerprint density at radius 1 is 1.00 bits per heavy atom. The van der Waals surface area contributed by atoms with Gasteiger partial charge in [-0.1, -0.05) is 25.5 Å². The summed E-state index contributed by atoms with van der Waals surface area (Å²) in [6.45, 7) is 3.76. The van der Waals surface area contributed by atoms with Crippen molar-refractivity contribution in [2.45, 2.75) is 58.8 Å². The second-order valence-corrected chi connectivity index (χ2v) is 5.26. The maximum absolute atomic E-state index is 11.7. The molecule has 0 aliphatic heterocycles. The normalized spacial score (nSPS) is 10.3. The Kier molecular flexibility index (Phi) is 7.63. The van der Waals surface area contributed by atoms with Gasteiger partial charge in [-0.2, -0.15) is 0 Å². The molecule has 0 atom stereocenters. The number of unbranched alkanes of at least 4 members (excludes halogenated alkanes) is 2. The Balaban J connectivity index is 2.29. The number of benzene rings is 1. The molecule has 0 bridgehead atoms. The number of carbonyl (C=O) groups is 2. The van der Waals surface area contributed by atoms with E-state index in [1.807, 2.05) is 12.1 Å². The summed E-state index contributed by atoms with van der Waals surface area (Å²) >= 11 is 0. The van der Waals surface area contributed by atoms with E-state index in [1.54, 1.807) is 6.92 Å². The average molecular weight is 275 g/mol. The van der Waals surface area contributed by atoms with Crippen molar-refractivity contribution in [3.63, 3.8) is 0 Å². The van der Waals surface area contributed by atoms with Crippen LogP contribution in [0.15, 0.2) is 24.3 Å². The van der Waals surface area contributed by atoms with Gasteiger partial charge < -0.3 is 10.1 Å². The number of hydrogen-bond donors (Lipinski definition) is 1. The minimum Gasteiger partial charge on any atom is -0.326 e. The van der Waals surface area contributed by atoms with Crippen molar-refractivity contribution in [1.82, 2.24) is 0 Å². The smallest absolute Gasteiger partial charge is 0.224 e. The quantitative estimate of drug-likeness (QED) is 0.689. The topological polar surface area (TPSA) is 46.2 Å². The number of hydrogen-bond acceptors (Lipinski definition) is 2. The zero-order valence-corrected chi connectivity index (χ0v) is 12.6. The minimum atomic E-state index is 0.0230. The van der Waals surface area contributed by atoms with Crippen molar-refractivity contribution in [3.8, 4) is 0 Å². The van der Waals surface area contributed by atoms with Gasteiger partial charge in [0.15, 0.2) is 0 Å². The lowest BCUT2D eigenvalue weighted by molar-refractivity contribution is -0.118. The fourth-order valence-electron chi connectivity index (χ4n) is 2.02. The molecule has 0 radical (unpaired) electrons. The molecule has 0 unspecified atom stereocenters. The van der Waals surface area contributed by atoms with Crippen LogP contribution in [0.5, 0.6) is 0 Å². The Morgan fingerprint density at radius 3 is 2.25 bits per heavy atom. The molecule has 0 aromatic heterocycles. The first kappa shape index (κ1) is 16.4. The molecule has 3 nitrogen and oxygen atoms in total. The van der Waals surface area contributed by atoms with Gasteiger partial charge in [0.05, 0.1) is 0 Å². The number of nitrogens with one attached hydrogen (secondary N) is 1. The number of ketones is 1. The summed E-state index contributed by atoms with van der Waals surface area (Å²) in [7, 11) is 0. The second kappa shape index (κ2) is 9.29. The number of anilines is 1. The molecule has 0 fully saturated rings. The van der Waals surface area contributed by atoms with Gasteiger partial charge >= 0.3 is 0 Å². The van der Waals surface area contributed by atoms with Crippen LogP contribution in [0.3, 0.4) is 0 Å². The van der Waals surface area contributed by atoms with Crippen LogP contribution in [0.1, 0.15) is 57.9 Å². The molecule has 1 rings (SSSR count). The summed E-state index contributed by atoms with van der Waals surface area (Å²) in [5, 5.41) is 2.89. The second-order valence-electron chi connectivity index (χ2n) is 5.26. The summed E-state index contributed by atoms with van der Waals surface area (Å²) in [5.41, 5.74) is 2.16. The van der Waals surface area contributed by atoms with Crippen LogP contribution in [-0.2, 0) is 16.0 Å². The molecule has 1 aromatic rings. The molecule has 1 N–H and O–H groups in total. The van der Waals surface area contributed by atoms with Gasteiger partial charge in [0.2, 0.25) is 5.91 Å². The molecule has 110 valence electrons. The van der Waals surface area contributed by atoms with Gasteiger partial charge in [0, 0.05) is 18.5 Å². The Morgan fingerprint density at radius 2 is 1.65 bits per heavy atom. The maximum atomic E-state index is 11.7. The Hall–Kier alpha value is -1.64. The molecule has 0 saturated carbocycles. The SMILES string of the molecule is CCCCc1ccc(NC(=O)CCCCC(C)=O)cc1. The lowest BCUT2D eigenvalue weighted by Crippen LogP contribution is -2.11. The van der Waals surface area contributed by atoms with Gasteiger partial charge in [-0.25, -0.2) is 0 Å². The van der Waals surface area contributed by atoms with Crippen molar-refractivity contribution >= 4 is 17.4 Å². The summed E-state index contributed by atoms with van der Waals surface area (Å²) in [4.78, 5) is 22.5. The summed E-state index contributed by atoms with van der Waals surface area (Å²) in [6, 6.07) is 8.05. The third-order valence-electron chi connectivity index (χ3n) is 3.24. The third-order valence-corrected chi connectivity index (χ3v) is 3.24. The molecular weight excluding hydrogens is 250 g/mol. The predicted molar refractivity (Wildman–Crippen MR) is 82.8 cm³/mol. The summed E-state index contributed by atoms with van der Waals surface area (Å²) in [5.74, 6) is 0.211. The first-order valence-corrected chi connectivity index (χ1v) is 7.50. The highest BCUT2D eigenvalue weighted by Crippen LogP contribution is 2.12. The lowest BCUT2D eigenvalue weighted by Gasteiger charge is -2.06. The molecule has 0 spiro atoms. The van der Waals surface area contributed by atoms with Crippen LogP contribution >= 0.6 is 0 Å². The van der Waals surface area contributed by atoms with E-state index in [0.29, 0.717) is 12.8 Å². The van der Waals surface area contributed by atoms with E-state index in [-0.39, 0.29) is 11.7 Å². The van der Waals surface area contributed by atoms with Crippen molar-refractivity contribution in [2.75, 3.05) is 5.32 Å². The molecule has 1 amide bonds. The fourth-order valence-corrected chi connectivity index (χ4v) is 2.02. The first-order chi connectivity index (χ1) is 9.61. The van der Waals surface area contributed by atoms with Gasteiger partial charge in [0.1, 0.15) is 5.78 Å². The van der Waals surface area contributed by atoms with E-state index >= 15 is 0 Å². The van der Waals surface area contributed by atoms with Crippen LogP contribution in [0.25, 0.3) is 0 Å². The zero-order chi connectivity index (χ0) is 14.8. The monoisotopic (exact) mass is 275 g/mol. The number of Topliss-reactive ketones (excluding diaryl/α,β-unsaturated/α-hetero) is 1. The lowest BCUT2D eigenvalue weighted by atomic mass is 10.1. The fraction of sp³-hybridized carbons (Fsp3) is 0.529. The zero-order valence-electron chi connectivity index (χ0n) is 12.6. The number of aryl methyl sites for hydroxylation is 1. The number of amides is 1. The third kappa shape index (κ3) is 7.07. The Labute approximate surface area is 121 Å². The number of rotatable bonds is 9. The molecule has 1 aromatic carbocycles. The first-order valence-electron chi connectivity index (χ1n) is 7.50. The van der Waals surface area contributed by atoms with Gasteiger partial charge in [-0.3, -0.25) is 4.79 Å². The summed E-state index contributed by atoms with van der Waals surface area (Å²) in [6.07, 6.45) is 6.08. The van der Waals surface area contributed by atoms with Crippen molar-refractivity contribution in [2.24, 2.45) is 0 Å². The molecule has 20 heavy (non-hydrogen) atoms. The van der Waals surface area contributed by atoms with Crippen molar-refractivity contribution in [1.29, 1.82) is 0 Å². The largest absolute Gasteiger partial charge is 0.326 e. The van der Waals surface area contributed by atoms with Crippen LogP contribution in [0, 0.1) is 0 Å². The van der Waals surface area contributed by atoms with Crippen molar-refractivity contribution in [3.05, 3.63) is 29.8 Å². The molecular formula is C17H25NO2. The number of carbonyl (C=O) groups excluding carboxylic acids is 2. The molecule has 0 heterocycles. The van der Waals surface area contributed by atoms with E-state index in [2.05, 4.69) is 24.4 Å². The van der Waals surface area contributed by atoms with Gasteiger partial charge in [-0.15, -0.1) is 0 Å². The van der Waals surface area contributed by atoms with E-state index in [4.69, 9.17) is 0 Å². The van der Waals surface area contributed by atoms with E-state index < -0.39 is 0 Å². The average Bonchev–Trinajstić information content (AvgIpc) is 2.43.